The fourth-order valence-corrected chi connectivity index (χ4v) is 13.4. The molecule has 0 saturated heterocycles. The first-order valence-corrected chi connectivity index (χ1v) is 32.0. The molecule has 13 rings (SSSR count). The third kappa shape index (κ3) is 11.2. The van der Waals surface area contributed by atoms with Gasteiger partial charge in [0.05, 0.1) is 5.69 Å². The summed E-state index contributed by atoms with van der Waals surface area (Å²) < 4.78 is 12.9. The molecular formula is C82H75N5OPt-2. The Hall–Kier alpha value is -9.09. The van der Waals surface area contributed by atoms with Crippen molar-refractivity contribution >= 4 is 45.3 Å². The quantitative estimate of drug-likeness (QED) is 0.142. The Kier molecular flexibility index (Phi) is 15.1. The molecule has 0 fully saturated rings. The second-order valence-corrected chi connectivity index (χ2v) is 28.5. The number of fused-ring (bicyclic) bond motifs is 7. The zero-order valence-electron chi connectivity index (χ0n) is 53.0. The molecule has 0 unspecified atom stereocenters. The van der Waals surface area contributed by atoms with Gasteiger partial charge in [-0.1, -0.05) is 111 Å². The Morgan fingerprint density at radius 3 is 1.46 bits per heavy atom. The molecule has 1 aliphatic heterocycles. The first-order valence-electron chi connectivity index (χ1n) is 30.9. The average Bonchev–Trinajstić information content (AvgIpc) is 1.76. The summed E-state index contributed by atoms with van der Waals surface area (Å²) in [6.07, 6.45) is 1.95. The van der Waals surface area contributed by atoms with Crippen molar-refractivity contribution in [2.75, 3.05) is 9.80 Å². The maximum absolute atomic E-state index is 7.17. The molecule has 0 atom stereocenters. The second-order valence-electron chi connectivity index (χ2n) is 27.5. The summed E-state index contributed by atoms with van der Waals surface area (Å²) >= 11 is 2.52. The van der Waals surface area contributed by atoms with E-state index >= 15 is 0 Å². The molecule has 446 valence electrons. The van der Waals surface area contributed by atoms with Gasteiger partial charge in [0.2, 0.25) is 0 Å². The van der Waals surface area contributed by atoms with Gasteiger partial charge in [-0.05, 0) is 69.3 Å². The van der Waals surface area contributed by atoms with Crippen molar-refractivity contribution < 1.29 is 24.1 Å². The number of benzene rings is 10. The first kappa shape index (κ1) is 58.9. The van der Waals surface area contributed by atoms with Crippen LogP contribution in [0.3, 0.4) is 0 Å². The summed E-state index contributed by atoms with van der Waals surface area (Å²) in [6, 6.07) is 91.4. The number of aromatic nitrogens is 3. The van der Waals surface area contributed by atoms with Crippen LogP contribution in [0.1, 0.15) is 105 Å². The van der Waals surface area contributed by atoms with Gasteiger partial charge < -0.3 is 4.90 Å². The van der Waals surface area contributed by atoms with E-state index in [-0.39, 0.29) is 21.7 Å². The van der Waals surface area contributed by atoms with E-state index < -0.39 is 0 Å². The maximum atomic E-state index is 7.17. The van der Waals surface area contributed by atoms with Crippen molar-refractivity contribution in [2.24, 2.45) is 0 Å². The number of rotatable bonds is 8. The van der Waals surface area contributed by atoms with E-state index in [0.717, 1.165) is 105 Å². The molecule has 0 radical (unpaired) electrons. The number of hydrogen-bond acceptors (Lipinski definition) is 4. The van der Waals surface area contributed by atoms with Crippen LogP contribution in [0, 0.1) is 15.9 Å². The van der Waals surface area contributed by atoms with E-state index in [9.17, 15) is 0 Å². The van der Waals surface area contributed by atoms with Crippen LogP contribution in [0.5, 0.6) is 11.5 Å². The van der Waals surface area contributed by atoms with Crippen LogP contribution in [-0.4, -0.2) is 14.1 Å². The van der Waals surface area contributed by atoms with Crippen LogP contribution in [0.25, 0.3) is 66.9 Å². The van der Waals surface area contributed by atoms with Crippen LogP contribution in [0.4, 0.5) is 34.3 Å². The summed E-state index contributed by atoms with van der Waals surface area (Å²) in [5.41, 5.74) is 22.2. The van der Waals surface area contributed by atoms with Gasteiger partial charge in [-0.25, -0.2) is 0 Å². The molecule has 0 N–H and O–H groups in total. The number of pyridine rings is 1. The zero-order chi connectivity index (χ0) is 62.1. The van der Waals surface area contributed by atoms with Crippen LogP contribution >= 0.6 is 0 Å². The van der Waals surface area contributed by atoms with Crippen molar-refractivity contribution in [3.05, 3.63) is 275 Å². The van der Waals surface area contributed by atoms with E-state index in [2.05, 4.69) is 358 Å². The molecule has 6 nitrogen and oxygen atoms in total. The van der Waals surface area contributed by atoms with Gasteiger partial charge in [-0.3, -0.25) is 0 Å². The molecule has 2 aromatic heterocycles. The molecule has 3 heterocycles. The SMILES string of the molecule is CC(C)(C)c1ccc(N2c3ccccc3-c3ccc(Oc4[c-]c(-n5[c](=[Pt])n(-c6c(-c7ccccc7)cc(C(C)(C)C)cc6-c6ccccc6)c6ccccc65)ccc4)[c-]c3N(c3cc(C(C)(C)C)ccn3)c3ccc(C(C)(C)C)cc3-c3ccccc32)cc1. The molecule has 0 spiro atoms. The minimum absolute atomic E-state index is 0.0185. The normalized spacial score (nSPS) is 12.7. The number of para-hydroxylation sites is 4. The predicted molar refractivity (Wildman–Crippen MR) is 367 cm³/mol. The third-order valence-electron chi connectivity index (χ3n) is 17.2. The van der Waals surface area contributed by atoms with Crippen molar-refractivity contribution in [1.82, 2.24) is 14.1 Å². The minimum Gasteiger partial charge on any atom is -0.0615 e. The van der Waals surface area contributed by atoms with Crippen LogP contribution < -0.4 is 14.5 Å². The van der Waals surface area contributed by atoms with E-state index in [0.29, 0.717) is 11.5 Å². The summed E-state index contributed by atoms with van der Waals surface area (Å²) in [4.78, 5) is 10.0. The molecule has 0 amide bonds. The molecule has 0 bridgehead atoms. The number of ether oxygens (including phenoxy) is 1. The molecule has 7 heteroatoms. The van der Waals surface area contributed by atoms with Crippen molar-refractivity contribution in [3.63, 3.8) is 0 Å². The van der Waals surface area contributed by atoms with Gasteiger partial charge in [-0.15, -0.1) is 0 Å². The summed E-state index contributed by atoms with van der Waals surface area (Å²) in [6.45, 7) is 27.4. The average molecular weight is 1340 g/mol. The fourth-order valence-electron chi connectivity index (χ4n) is 12.3. The van der Waals surface area contributed by atoms with Crippen molar-refractivity contribution in [1.29, 1.82) is 0 Å². The third-order valence-corrected chi connectivity index (χ3v) is 18.2. The minimum atomic E-state index is -0.165. The molecule has 0 aliphatic carbocycles. The van der Waals surface area contributed by atoms with Crippen LogP contribution in [-0.2, 0) is 41.0 Å². The van der Waals surface area contributed by atoms with Crippen molar-refractivity contribution in [2.45, 2.75) is 105 Å². The Balaban J connectivity index is 1.02. The monoisotopic (exact) mass is 1340 g/mol. The van der Waals surface area contributed by atoms with E-state index in [1.54, 1.807) is 0 Å². The Morgan fingerprint density at radius 2 is 0.865 bits per heavy atom. The Labute approximate surface area is 536 Å². The molecule has 0 saturated carbocycles. The van der Waals surface area contributed by atoms with Crippen LogP contribution in [0.2, 0.25) is 0 Å². The number of imidazole rings is 1. The van der Waals surface area contributed by atoms with Crippen molar-refractivity contribution in [3.8, 4) is 67.4 Å². The standard InChI is InChI=1S/C82H75N5O.Pt/c1-79(2,3)57-38-41-61(42-39-57)86-71-34-21-19-32-65(71)67-44-43-64(53-76(67)87(77-51-59(46-47-83-77)81(7,8)9)73-45-40-58(80(4,5)6)48-70(73)66-33-20-22-35-72(66)86)88-63-31-25-30-62(52-63)84-54-85(75-37-24-23-36-74(75)84)78-68(55-26-15-13-16-27-55)49-60(82(10,11)12)50-69(78)56-28-17-14-18-29-56;/h13-51H,1-12H3;/q-2;. The van der Waals surface area contributed by atoms with Gasteiger partial charge in [0.1, 0.15) is 0 Å². The Bertz CT molecular complexity index is 4640. The zero-order valence-corrected chi connectivity index (χ0v) is 55.2. The van der Waals surface area contributed by atoms with E-state index in [1.807, 2.05) is 12.3 Å². The topological polar surface area (TPSA) is 38.5 Å². The summed E-state index contributed by atoms with van der Waals surface area (Å²) in [5.74, 6) is 1.86. The predicted octanol–water partition coefficient (Wildman–Crippen LogP) is 22.4. The first-order chi connectivity index (χ1) is 42.6. The van der Waals surface area contributed by atoms with E-state index in [1.165, 1.54) is 22.3 Å². The van der Waals surface area contributed by atoms with Gasteiger partial charge in [-0.2, -0.15) is 0 Å². The molecule has 12 aromatic rings. The summed E-state index contributed by atoms with van der Waals surface area (Å²) in [7, 11) is 0. The van der Waals surface area contributed by atoms with Gasteiger partial charge in [0, 0.05) is 17.4 Å². The fraction of sp³-hybridized carbons (Fsp3) is 0.195. The van der Waals surface area contributed by atoms with E-state index in [4.69, 9.17) is 9.72 Å². The molecule has 89 heavy (non-hydrogen) atoms. The van der Waals surface area contributed by atoms with Gasteiger partial charge >= 0.3 is 332 Å². The molecular weight excluding hydrogens is 1270 g/mol. The molecule has 1 aliphatic rings. The Morgan fingerprint density at radius 1 is 0.371 bits per heavy atom. The van der Waals surface area contributed by atoms with Crippen LogP contribution in [0.15, 0.2) is 237 Å². The molecule has 10 aromatic carbocycles. The van der Waals surface area contributed by atoms with Gasteiger partial charge in [0.15, 0.2) is 0 Å². The smallest absolute Gasteiger partial charge is 0.0615 e. The number of hydrogen-bond donors (Lipinski definition) is 0. The summed E-state index contributed by atoms with van der Waals surface area (Å²) in [5, 5.41) is 0. The number of nitrogens with zero attached hydrogens (tertiary/aromatic N) is 5. The second kappa shape index (κ2) is 22.8. The number of anilines is 6. The van der Waals surface area contributed by atoms with Gasteiger partial charge in [0.25, 0.3) is 0 Å².